The van der Waals surface area contributed by atoms with Gasteiger partial charge < -0.3 is 5.21 Å². The summed E-state index contributed by atoms with van der Waals surface area (Å²) in [5.41, 5.74) is 2.60. The van der Waals surface area contributed by atoms with Crippen LogP contribution in [-0.2, 0) is 0 Å². The molecular weight excluding hydrogens is 258 g/mol. The second kappa shape index (κ2) is 5.94. The standard InChI is InChI=1S/C19H13NO/c21-20-14-19-13-17-9-5-4-8-16(17)12-18(19)11-10-15-6-2-1-3-7-15/h1-9,12-14,21H/b20-14+. The Balaban J connectivity index is 2.12. The van der Waals surface area contributed by atoms with Crippen molar-refractivity contribution in [2.24, 2.45) is 5.16 Å². The van der Waals surface area contributed by atoms with E-state index in [9.17, 15) is 0 Å². The van der Waals surface area contributed by atoms with Gasteiger partial charge in [-0.2, -0.15) is 0 Å². The van der Waals surface area contributed by atoms with E-state index in [0.717, 1.165) is 27.5 Å². The van der Waals surface area contributed by atoms with Crippen molar-refractivity contribution in [1.82, 2.24) is 0 Å². The van der Waals surface area contributed by atoms with E-state index in [2.05, 4.69) is 17.0 Å². The Morgan fingerprint density at radius 2 is 1.48 bits per heavy atom. The van der Waals surface area contributed by atoms with Crippen LogP contribution in [0.3, 0.4) is 0 Å². The Morgan fingerprint density at radius 3 is 2.19 bits per heavy atom. The average Bonchev–Trinajstić information content (AvgIpc) is 2.54. The second-order valence-electron chi connectivity index (χ2n) is 4.65. The Hall–Kier alpha value is -3.05. The van der Waals surface area contributed by atoms with E-state index < -0.39 is 0 Å². The van der Waals surface area contributed by atoms with Gasteiger partial charge in [0.05, 0.1) is 6.21 Å². The van der Waals surface area contributed by atoms with Crippen LogP contribution in [0, 0.1) is 11.8 Å². The Morgan fingerprint density at radius 1 is 0.810 bits per heavy atom. The molecule has 0 atom stereocenters. The van der Waals surface area contributed by atoms with Gasteiger partial charge in [-0.3, -0.25) is 0 Å². The van der Waals surface area contributed by atoms with Crippen LogP contribution in [0.1, 0.15) is 16.7 Å². The van der Waals surface area contributed by atoms with Crippen LogP contribution < -0.4 is 0 Å². The van der Waals surface area contributed by atoms with E-state index in [0.29, 0.717) is 0 Å². The highest BCUT2D eigenvalue weighted by Crippen LogP contribution is 2.18. The van der Waals surface area contributed by atoms with Gasteiger partial charge >= 0.3 is 0 Å². The fraction of sp³-hybridized carbons (Fsp3) is 0. The number of fused-ring (bicyclic) bond motifs is 1. The SMILES string of the molecule is O/N=C/c1cc2ccccc2cc1C#Cc1ccccc1. The van der Waals surface area contributed by atoms with Crippen molar-refractivity contribution in [3.8, 4) is 11.8 Å². The van der Waals surface area contributed by atoms with Crippen molar-refractivity contribution >= 4 is 17.0 Å². The molecule has 3 aromatic carbocycles. The minimum atomic E-state index is 0.805. The first-order valence-corrected chi connectivity index (χ1v) is 6.64. The van der Waals surface area contributed by atoms with Gasteiger partial charge in [-0.05, 0) is 35.0 Å². The van der Waals surface area contributed by atoms with Gasteiger partial charge in [-0.15, -0.1) is 0 Å². The number of oxime groups is 1. The van der Waals surface area contributed by atoms with Crippen LogP contribution in [0.15, 0.2) is 71.9 Å². The molecule has 1 N–H and O–H groups in total. The van der Waals surface area contributed by atoms with Gasteiger partial charge in [0.15, 0.2) is 0 Å². The molecule has 0 unspecified atom stereocenters. The number of hydrogen-bond acceptors (Lipinski definition) is 2. The molecule has 3 aromatic rings. The summed E-state index contributed by atoms with van der Waals surface area (Å²) < 4.78 is 0. The fourth-order valence-electron chi connectivity index (χ4n) is 2.20. The molecule has 21 heavy (non-hydrogen) atoms. The molecule has 0 radical (unpaired) electrons. The van der Waals surface area contributed by atoms with Gasteiger partial charge in [-0.25, -0.2) is 0 Å². The number of rotatable bonds is 1. The second-order valence-corrected chi connectivity index (χ2v) is 4.65. The summed E-state index contributed by atoms with van der Waals surface area (Å²) in [5, 5.41) is 14.2. The van der Waals surface area contributed by atoms with Crippen LogP contribution in [0.5, 0.6) is 0 Å². The summed E-state index contributed by atoms with van der Waals surface area (Å²) in [4.78, 5) is 0. The third-order valence-corrected chi connectivity index (χ3v) is 3.23. The van der Waals surface area contributed by atoms with E-state index >= 15 is 0 Å². The van der Waals surface area contributed by atoms with Crippen LogP contribution in [0.25, 0.3) is 10.8 Å². The Kier molecular flexibility index (Phi) is 3.66. The van der Waals surface area contributed by atoms with Crippen molar-refractivity contribution in [2.45, 2.75) is 0 Å². The van der Waals surface area contributed by atoms with E-state index in [-0.39, 0.29) is 0 Å². The lowest BCUT2D eigenvalue weighted by Crippen LogP contribution is -1.89. The van der Waals surface area contributed by atoms with Crippen LogP contribution in [0.4, 0.5) is 0 Å². The van der Waals surface area contributed by atoms with Crippen LogP contribution in [-0.4, -0.2) is 11.4 Å². The molecule has 0 saturated carbocycles. The highest BCUT2D eigenvalue weighted by Gasteiger charge is 2.01. The highest BCUT2D eigenvalue weighted by atomic mass is 16.4. The van der Waals surface area contributed by atoms with E-state index in [1.807, 2.05) is 66.7 Å². The third kappa shape index (κ3) is 2.93. The quantitative estimate of drug-likeness (QED) is 0.308. The summed E-state index contributed by atoms with van der Waals surface area (Å²) in [7, 11) is 0. The molecule has 0 aliphatic carbocycles. The monoisotopic (exact) mass is 271 g/mol. The van der Waals surface area contributed by atoms with Crippen LogP contribution in [0.2, 0.25) is 0 Å². The maximum Gasteiger partial charge on any atom is 0.0746 e. The number of hydrogen-bond donors (Lipinski definition) is 1. The van der Waals surface area contributed by atoms with E-state index in [4.69, 9.17) is 5.21 Å². The van der Waals surface area contributed by atoms with Crippen molar-refractivity contribution in [2.75, 3.05) is 0 Å². The maximum atomic E-state index is 8.82. The summed E-state index contributed by atoms with van der Waals surface area (Å²) in [5.74, 6) is 6.29. The largest absolute Gasteiger partial charge is 0.411 e. The van der Waals surface area contributed by atoms with Gasteiger partial charge in [0.2, 0.25) is 0 Å². The van der Waals surface area contributed by atoms with Crippen molar-refractivity contribution in [1.29, 1.82) is 0 Å². The molecule has 0 aliphatic rings. The third-order valence-electron chi connectivity index (χ3n) is 3.23. The van der Waals surface area contributed by atoms with Gasteiger partial charge in [0.25, 0.3) is 0 Å². The minimum absolute atomic E-state index is 0.805. The minimum Gasteiger partial charge on any atom is -0.411 e. The molecule has 0 fully saturated rings. The van der Waals surface area contributed by atoms with E-state index in [1.54, 1.807) is 0 Å². The predicted molar refractivity (Wildman–Crippen MR) is 85.8 cm³/mol. The van der Waals surface area contributed by atoms with Crippen molar-refractivity contribution in [3.05, 3.63) is 83.4 Å². The summed E-state index contributed by atoms with van der Waals surface area (Å²) in [6, 6.07) is 21.9. The Bertz CT molecular complexity index is 855. The lowest BCUT2D eigenvalue weighted by Gasteiger charge is -2.02. The van der Waals surface area contributed by atoms with Crippen molar-refractivity contribution in [3.63, 3.8) is 0 Å². The normalized spacial score (nSPS) is 10.5. The molecule has 0 saturated heterocycles. The molecule has 3 rings (SSSR count). The summed E-state index contributed by atoms with van der Waals surface area (Å²) >= 11 is 0. The molecule has 2 nitrogen and oxygen atoms in total. The van der Waals surface area contributed by atoms with Crippen molar-refractivity contribution < 1.29 is 5.21 Å². The number of nitrogens with zero attached hydrogens (tertiary/aromatic N) is 1. The molecule has 100 valence electrons. The lowest BCUT2D eigenvalue weighted by atomic mass is 10.0. The molecule has 0 bridgehead atoms. The average molecular weight is 271 g/mol. The molecule has 0 spiro atoms. The maximum absolute atomic E-state index is 8.82. The van der Waals surface area contributed by atoms with E-state index in [1.165, 1.54) is 6.21 Å². The smallest absolute Gasteiger partial charge is 0.0746 e. The molecular formula is C19H13NO. The molecule has 2 heteroatoms. The molecule has 0 aromatic heterocycles. The first-order valence-electron chi connectivity index (χ1n) is 6.64. The summed E-state index contributed by atoms with van der Waals surface area (Å²) in [6.45, 7) is 0. The molecule has 0 amide bonds. The number of benzene rings is 3. The zero-order chi connectivity index (χ0) is 14.5. The van der Waals surface area contributed by atoms with Gasteiger partial charge in [0.1, 0.15) is 0 Å². The predicted octanol–water partition coefficient (Wildman–Crippen LogP) is 4.05. The molecule has 0 aliphatic heterocycles. The van der Waals surface area contributed by atoms with Gasteiger partial charge in [-0.1, -0.05) is 59.5 Å². The zero-order valence-electron chi connectivity index (χ0n) is 11.3. The highest BCUT2D eigenvalue weighted by molar-refractivity contribution is 5.93. The lowest BCUT2D eigenvalue weighted by molar-refractivity contribution is 0.322. The van der Waals surface area contributed by atoms with Crippen LogP contribution >= 0.6 is 0 Å². The van der Waals surface area contributed by atoms with Gasteiger partial charge in [0, 0.05) is 16.7 Å². The topological polar surface area (TPSA) is 32.6 Å². The fourth-order valence-corrected chi connectivity index (χ4v) is 2.20. The Labute approximate surface area is 123 Å². The molecule has 0 heterocycles. The zero-order valence-corrected chi connectivity index (χ0v) is 11.3. The summed E-state index contributed by atoms with van der Waals surface area (Å²) in [6.07, 6.45) is 1.42. The first kappa shape index (κ1) is 13.0. The first-order chi connectivity index (χ1) is 10.4.